The Bertz CT molecular complexity index is 300. The highest BCUT2D eigenvalue weighted by atomic mass is 16.5. The minimum Gasteiger partial charge on any atom is -0.480 e. The second kappa shape index (κ2) is 6.68. The van der Waals surface area contributed by atoms with E-state index in [9.17, 15) is 9.90 Å². The molecule has 2 fully saturated rings. The first kappa shape index (κ1) is 14.8. The summed E-state index contributed by atoms with van der Waals surface area (Å²) in [4.78, 5) is 11.3. The van der Waals surface area contributed by atoms with Gasteiger partial charge < -0.3 is 14.6 Å². The van der Waals surface area contributed by atoms with Gasteiger partial charge in [-0.2, -0.15) is 0 Å². The zero-order valence-corrected chi connectivity index (χ0v) is 11.7. The van der Waals surface area contributed by atoms with Gasteiger partial charge in [-0.25, -0.2) is 0 Å². The van der Waals surface area contributed by atoms with Crippen LogP contribution in [0.1, 0.15) is 45.4 Å². The molecule has 1 saturated carbocycles. The van der Waals surface area contributed by atoms with E-state index in [-0.39, 0.29) is 6.10 Å². The van der Waals surface area contributed by atoms with Crippen molar-refractivity contribution in [3.8, 4) is 0 Å². The van der Waals surface area contributed by atoms with Crippen LogP contribution < -0.4 is 5.32 Å². The highest BCUT2D eigenvalue weighted by Gasteiger charge is 2.37. The van der Waals surface area contributed by atoms with Gasteiger partial charge in [0.25, 0.3) is 0 Å². The lowest BCUT2D eigenvalue weighted by atomic mass is 9.95. The molecular formula is C14H25NO4. The van der Waals surface area contributed by atoms with E-state index < -0.39 is 11.5 Å². The van der Waals surface area contributed by atoms with Crippen molar-refractivity contribution in [3.63, 3.8) is 0 Å². The standard InChI is InChI=1S/C14H25NO4/c1-14(13(16)17,15-11-4-5-11)7-2-3-8-19-12-6-9-18-10-12/h11-12,15H,2-10H2,1H3,(H,16,17). The number of hydrogen-bond donors (Lipinski definition) is 2. The van der Waals surface area contributed by atoms with Crippen LogP contribution in [0.25, 0.3) is 0 Å². The Kier molecular flexibility index (Phi) is 5.19. The molecule has 1 aliphatic heterocycles. The third-order valence-electron chi connectivity index (χ3n) is 3.88. The molecule has 1 aliphatic carbocycles. The monoisotopic (exact) mass is 271 g/mol. The second-order valence-electron chi connectivity index (χ2n) is 5.87. The predicted octanol–water partition coefficient (Wildman–Crippen LogP) is 1.56. The summed E-state index contributed by atoms with van der Waals surface area (Å²) < 4.78 is 10.9. The first-order valence-corrected chi connectivity index (χ1v) is 7.30. The Morgan fingerprint density at radius 2 is 2.21 bits per heavy atom. The van der Waals surface area contributed by atoms with Crippen LogP contribution in [0.3, 0.4) is 0 Å². The Morgan fingerprint density at radius 1 is 1.42 bits per heavy atom. The molecule has 0 spiro atoms. The average molecular weight is 271 g/mol. The first-order valence-electron chi connectivity index (χ1n) is 7.30. The molecule has 1 saturated heterocycles. The fraction of sp³-hybridized carbons (Fsp3) is 0.929. The summed E-state index contributed by atoms with van der Waals surface area (Å²) >= 11 is 0. The zero-order valence-electron chi connectivity index (χ0n) is 11.7. The van der Waals surface area contributed by atoms with Crippen molar-refractivity contribution in [3.05, 3.63) is 0 Å². The van der Waals surface area contributed by atoms with Crippen LogP contribution in [0.15, 0.2) is 0 Å². The van der Waals surface area contributed by atoms with Crippen molar-refractivity contribution in [2.24, 2.45) is 0 Å². The molecule has 0 aromatic heterocycles. The molecule has 2 atom stereocenters. The van der Waals surface area contributed by atoms with Gasteiger partial charge in [-0.05, 0) is 45.4 Å². The number of hydrogen-bond acceptors (Lipinski definition) is 4. The van der Waals surface area contributed by atoms with Crippen molar-refractivity contribution >= 4 is 5.97 Å². The quantitative estimate of drug-likeness (QED) is 0.623. The third kappa shape index (κ3) is 4.75. The molecule has 2 rings (SSSR count). The molecule has 2 N–H and O–H groups in total. The smallest absolute Gasteiger partial charge is 0.323 e. The Balaban J connectivity index is 1.60. The number of ether oxygens (including phenoxy) is 2. The van der Waals surface area contributed by atoms with Gasteiger partial charge in [-0.3, -0.25) is 10.1 Å². The lowest BCUT2D eigenvalue weighted by Crippen LogP contribution is -2.50. The van der Waals surface area contributed by atoms with Gasteiger partial charge in [0.1, 0.15) is 5.54 Å². The highest BCUT2D eigenvalue weighted by Crippen LogP contribution is 2.25. The summed E-state index contributed by atoms with van der Waals surface area (Å²) in [6, 6.07) is 0.410. The van der Waals surface area contributed by atoms with E-state index in [0.29, 0.717) is 25.7 Å². The van der Waals surface area contributed by atoms with Crippen LogP contribution in [0.2, 0.25) is 0 Å². The third-order valence-corrected chi connectivity index (χ3v) is 3.88. The molecule has 0 aromatic rings. The molecule has 1 heterocycles. The van der Waals surface area contributed by atoms with E-state index in [0.717, 1.165) is 38.7 Å². The summed E-state index contributed by atoms with van der Waals surface area (Å²) in [5.41, 5.74) is -0.780. The number of rotatable bonds is 9. The summed E-state index contributed by atoms with van der Waals surface area (Å²) in [6.45, 7) is 4.00. The molecule has 0 bridgehead atoms. The average Bonchev–Trinajstić information content (AvgIpc) is 3.02. The van der Waals surface area contributed by atoms with E-state index in [1.807, 2.05) is 0 Å². The Labute approximate surface area is 114 Å². The molecule has 110 valence electrons. The van der Waals surface area contributed by atoms with Gasteiger partial charge in [0.2, 0.25) is 0 Å². The number of carboxylic acid groups (broad SMARTS) is 1. The van der Waals surface area contributed by atoms with E-state index in [1.54, 1.807) is 6.92 Å². The summed E-state index contributed by atoms with van der Waals surface area (Å²) in [7, 11) is 0. The summed E-state index contributed by atoms with van der Waals surface area (Å²) in [6.07, 6.45) is 5.87. The maximum Gasteiger partial charge on any atom is 0.323 e. The van der Waals surface area contributed by atoms with Crippen molar-refractivity contribution in [1.29, 1.82) is 0 Å². The van der Waals surface area contributed by atoms with Crippen LogP contribution in [0.4, 0.5) is 0 Å². The predicted molar refractivity (Wildman–Crippen MR) is 71.2 cm³/mol. The van der Waals surface area contributed by atoms with Gasteiger partial charge in [-0.1, -0.05) is 0 Å². The van der Waals surface area contributed by atoms with E-state index in [1.165, 1.54) is 0 Å². The molecule has 2 unspecified atom stereocenters. The van der Waals surface area contributed by atoms with E-state index in [2.05, 4.69) is 5.32 Å². The maximum atomic E-state index is 11.3. The minimum atomic E-state index is -0.780. The lowest BCUT2D eigenvalue weighted by molar-refractivity contribution is -0.144. The van der Waals surface area contributed by atoms with Gasteiger partial charge in [0, 0.05) is 19.3 Å². The number of unbranched alkanes of at least 4 members (excludes halogenated alkanes) is 1. The number of nitrogens with one attached hydrogen (secondary N) is 1. The Hall–Kier alpha value is -0.650. The topological polar surface area (TPSA) is 67.8 Å². The second-order valence-corrected chi connectivity index (χ2v) is 5.87. The largest absolute Gasteiger partial charge is 0.480 e. The molecule has 0 amide bonds. The number of carbonyl (C=O) groups is 1. The SMILES string of the molecule is CC(CCCCOC1CCOC1)(NC1CC1)C(=O)O. The normalized spacial score (nSPS) is 26.3. The number of carboxylic acids is 1. The van der Waals surface area contributed by atoms with Gasteiger partial charge in [0.15, 0.2) is 0 Å². The van der Waals surface area contributed by atoms with Crippen LogP contribution in [0.5, 0.6) is 0 Å². The highest BCUT2D eigenvalue weighted by molar-refractivity contribution is 5.78. The van der Waals surface area contributed by atoms with Crippen LogP contribution in [-0.4, -0.2) is 48.6 Å². The first-order chi connectivity index (χ1) is 9.10. The van der Waals surface area contributed by atoms with Crippen molar-refractivity contribution < 1.29 is 19.4 Å². The minimum absolute atomic E-state index is 0.246. The van der Waals surface area contributed by atoms with Crippen LogP contribution >= 0.6 is 0 Å². The molecule has 0 aromatic carbocycles. The van der Waals surface area contributed by atoms with Gasteiger partial charge >= 0.3 is 5.97 Å². The van der Waals surface area contributed by atoms with E-state index >= 15 is 0 Å². The Morgan fingerprint density at radius 3 is 2.79 bits per heavy atom. The van der Waals surface area contributed by atoms with E-state index in [4.69, 9.17) is 9.47 Å². The molecule has 0 radical (unpaired) electrons. The van der Waals surface area contributed by atoms with Gasteiger partial charge in [0.05, 0.1) is 12.7 Å². The molecule has 2 aliphatic rings. The zero-order chi connectivity index (χ0) is 13.7. The van der Waals surface area contributed by atoms with Crippen LogP contribution in [0, 0.1) is 0 Å². The van der Waals surface area contributed by atoms with Crippen molar-refractivity contribution in [2.45, 2.75) is 63.1 Å². The maximum absolute atomic E-state index is 11.3. The molecule has 5 heteroatoms. The van der Waals surface area contributed by atoms with Crippen molar-refractivity contribution in [1.82, 2.24) is 5.32 Å². The molecular weight excluding hydrogens is 246 g/mol. The fourth-order valence-electron chi connectivity index (χ4n) is 2.39. The summed E-state index contributed by atoms with van der Waals surface area (Å²) in [5, 5.41) is 12.6. The van der Waals surface area contributed by atoms with Gasteiger partial charge in [-0.15, -0.1) is 0 Å². The fourth-order valence-corrected chi connectivity index (χ4v) is 2.39. The molecule has 5 nitrogen and oxygen atoms in total. The molecule has 19 heavy (non-hydrogen) atoms. The number of aliphatic carboxylic acids is 1. The lowest BCUT2D eigenvalue weighted by Gasteiger charge is -2.26. The van der Waals surface area contributed by atoms with Crippen LogP contribution in [-0.2, 0) is 14.3 Å². The van der Waals surface area contributed by atoms with Crippen molar-refractivity contribution in [2.75, 3.05) is 19.8 Å². The summed E-state index contributed by atoms with van der Waals surface area (Å²) in [5.74, 6) is -0.746.